The van der Waals surface area contributed by atoms with Gasteiger partial charge in [0.15, 0.2) is 0 Å². The fourth-order valence-electron chi connectivity index (χ4n) is 5.38. The molecule has 3 amide bonds. The molecule has 1 aromatic carbocycles. The Kier molecular flexibility index (Phi) is 11.4. The molecule has 1 aliphatic rings. The molecule has 1 saturated carbocycles. The van der Waals surface area contributed by atoms with E-state index in [1.165, 1.54) is 6.42 Å². The molecule has 0 aromatic heterocycles. The molecule has 0 aliphatic heterocycles. The summed E-state index contributed by atoms with van der Waals surface area (Å²) in [7, 11) is 0. The summed E-state index contributed by atoms with van der Waals surface area (Å²) in [4.78, 5) is 43.6. The van der Waals surface area contributed by atoms with Crippen molar-refractivity contribution in [3.05, 3.63) is 34.9 Å². The maximum absolute atomic E-state index is 14.7. The monoisotopic (exact) mass is 543 g/mol. The fraction of sp³-hybridized carbons (Fsp3) is 0.719. The first-order chi connectivity index (χ1) is 18.1. The number of carbonyl (C=O) groups excluding carboxylic acids is 3. The molecule has 0 bridgehead atoms. The molecule has 0 spiro atoms. The van der Waals surface area contributed by atoms with Gasteiger partial charge in [-0.15, -0.1) is 0 Å². The molecule has 0 radical (unpaired) electrons. The van der Waals surface area contributed by atoms with E-state index in [0.29, 0.717) is 12.8 Å². The SMILES string of the molecule is CCC(C)C(NC(=O)OC(C)(C)C)C(=O)N(C(C(=O)NC1CCCCC1)c1c(C)cccc1C)C(C)(C)CC. The van der Waals surface area contributed by atoms with E-state index in [4.69, 9.17) is 4.74 Å². The zero-order valence-corrected chi connectivity index (χ0v) is 26.1. The Morgan fingerprint density at radius 2 is 1.56 bits per heavy atom. The lowest BCUT2D eigenvalue weighted by Crippen LogP contribution is -2.61. The summed E-state index contributed by atoms with van der Waals surface area (Å²) in [6, 6.07) is 4.40. The Morgan fingerprint density at radius 3 is 2.05 bits per heavy atom. The minimum Gasteiger partial charge on any atom is -0.444 e. The van der Waals surface area contributed by atoms with Gasteiger partial charge in [-0.2, -0.15) is 0 Å². The van der Waals surface area contributed by atoms with E-state index >= 15 is 0 Å². The molecular formula is C32H53N3O4. The Labute approximate surface area is 236 Å². The van der Waals surface area contributed by atoms with Gasteiger partial charge < -0.3 is 20.3 Å². The van der Waals surface area contributed by atoms with Crippen LogP contribution in [0.5, 0.6) is 0 Å². The smallest absolute Gasteiger partial charge is 0.408 e. The molecule has 0 heterocycles. The van der Waals surface area contributed by atoms with Crippen LogP contribution in [0, 0.1) is 19.8 Å². The molecular weight excluding hydrogens is 490 g/mol. The second-order valence-corrected chi connectivity index (χ2v) is 12.9. The van der Waals surface area contributed by atoms with E-state index in [-0.39, 0.29) is 23.8 Å². The molecule has 3 unspecified atom stereocenters. The van der Waals surface area contributed by atoms with Gasteiger partial charge in [-0.3, -0.25) is 9.59 Å². The van der Waals surface area contributed by atoms with Gasteiger partial charge in [-0.25, -0.2) is 4.79 Å². The van der Waals surface area contributed by atoms with Gasteiger partial charge >= 0.3 is 6.09 Å². The summed E-state index contributed by atoms with van der Waals surface area (Å²) in [5.74, 6) is -0.594. The highest BCUT2D eigenvalue weighted by Crippen LogP contribution is 2.36. The van der Waals surface area contributed by atoms with Crippen LogP contribution in [0.3, 0.4) is 0 Å². The molecule has 1 aliphatic carbocycles. The van der Waals surface area contributed by atoms with Gasteiger partial charge in [0, 0.05) is 11.6 Å². The number of nitrogens with one attached hydrogen (secondary N) is 2. The summed E-state index contributed by atoms with van der Waals surface area (Å²) in [6.07, 6.45) is 5.96. The van der Waals surface area contributed by atoms with Crippen molar-refractivity contribution in [1.82, 2.24) is 15.5 Å². The van der Waals surface area contributed by atoms with E-state index in [1.807, 2.05) is 66.7 Å². The third-order valence-electron chi connectivity index (χ3n) is 8.18. The molecule has 7 heteroatoms. The van der Waals surface area contributed by atoms with Crippen molar-refractivity contribution in [3.8, 4) is 0 Å². The highest BCUT2D eigenvalue weighted by molar-refractivity contribution is 5.93. The summed E-state index contributed by atoms with van der Waals surface area (Å²) < 4.78 is 5.54. The minimum atomic E-state index is -0.843. The van der Waals surface area contributed by atoms with Crippen LogP contribution in [-0.2, 0) is 14.3 Å². The number of rotatable bonds is 10. The largest absolute Gasteiger partial charge is 0.444 e. The zero-order valence-electron chi connectivity index (χ0n) is 26.1. The molecule has 7 nitrogen and oxygen atoms in total. The third kappa shape index (κ3) is 8.71. The highest BCUT2D eigenvalue weighted by Gasteiger charge is 2.45. The Balaban J connectivity index is 2.66. The van der Waals surface area contributed by atoms with E-state index in [0.717, 1.165) is 42.4 Å². The van der Waals surface area contributed by atoms with E-state index < -0.39 is 29.3 Å². The lowest BCUT2D eigenvalue weighted by atomic mass is 9.86. The van der Waals surface area contributed by atoms with Gasteiger partial charge in [0.05, 0.1) is 0 Å². The molecule has 2 rings (SSSR count). The number of nitrogens with zero attached hydrogens (tertiary/aromatic N) is 1. The normalized spacial score (nSPS) is 17.1. The van der Waals surface area contributed by atoms with Gasteiger partial charge in [0.25, 0.3) is 0 Å². The van der Waals surface area contributed by atoms with Crippen LogP contribution >= 0.6 is 0 Å². The predicted molar refractivity (Wildman–Crippen MR) is 158 cm³/mol. The maximum Gasteiger partial charge on any atom is 0.408 e. The summed E-state index contributed by atoms with van der Waals surface area (Å²) in [5.41, 5.74) is 1.41. The Hall–Kier alpha value is -2.57. The number of carbonyl (C=O) groups is 3. The molecule has 1 fully saturated rings. The molecule has 220 valence electrons. The average Bonchev–Trinajstić information content (AvgIpc) is 2.85. The quantitative estimate of drug-likeness (QED) is 0.342. The average molecular weight is 544 g/mol. The Morgan fingerprint density at radius 1 is 1.00 bits per heavy atom. The van der Waals surface area contributed by atoms with Gasteiger partial charge in [0.1, 0.15) is 17.7 Å². The number of aryl methyl sites for hydroxylation is 2. The van der Waals surface area contributed by atoms with Gasteiger partial charge in [0.2, 0.25) is 11.8 Å². The van der Waals surface area contributed by atoms with Crippen molar-refractivity contribution >= 4 is 17.9 Å². The second-order valence-electron chi connectivity index (χ2n) is 12.9. The number of benzene rings is 1. The number of alkyl carbamates (subject to hydrolysis) is 1. The van der Waals surface area contributed by atoms with Crippen molar-refractivity contribution in [2.45, 2.75) is 143 Å². The minimum absolute atomic E-state index is 0.102. The van der Waals surface area contributed by atoms with Crippen LogP contribution in [0.25, 0.3) is 0 Å². The summed E-state index contributed by atoms with van der Waals surface area (Å²) in [6.45, 7) is 19.4. The van der Waals surface area contributed by atoms with Crippen LogP contribution in [0.15, 0.2) is 18.2 Å². The molecule has 39 heavy (non-hydrogen) atoms. The standard InChI is InChI=1S/C32H53N3O4/c1-11-21(3)26(34-30(38)39-31(6,7)8)29(37)35(32(9,10)12-2)27(25-22(4)17-16-18-23(25)5)28(36)33-24-19-14-13-15-20-24/h16-18,21,24,26-27H,11-15,19-20H2,1-10H3,(H,33,36)(H,34,38). The summed E-state index contributed by atoms with van der Waals surface area (Å²) >= 11 is 0. The molecule has 2 N–H and O–H groups in total. The van der Waals surface area contributed by atoms with Crippen LogP contribution < -0.4 is 10.6 Å². The zero-order chi connectivity index (χ0) is 29.5. The van der Waals surface area contributed by atoms with Gasteiger partial charge in [-0.05, 0) is 90.3 Å². The number of ether oxygens (including phenoxy) is 1. The van der Waals surface area contributed by atoms with Crippen molar-refractivity contribution < 1.29 is 19.1 Å². The van der Waals surface area contributed by atoms with Crippen molar-refractivity contribution in [3.63, 3.8) is 0 Å². The number of amides is 3. The second kappa shape index (κ2) is 13.7. The third-order valence-corrected chi connectivity index (χ3v) is 8.18. The van der Waals surface area contributed by atoms with Crippen LogP contribution in [-0.4, -0.2) is 46.0 Å². The van der Waals surface area contributed by atoms with E-state index in [1.54, 1.807) is 25.7 Å². The Bertz CT molecular complexity index is 971. The first-order valence-corrected chi connectivity index (χ1v) is 14.8. The molecule has 3 atom stereocenters. The van der Waals surface area contributed by atoms with Crippen molar-refractivity contribution in [1.29, 1.82) is 0 Å². The lowest BCUT2D eigenvalue weighted by Gasteiger charge is -2.46. The van der Waals surface area contributed by atoms with Crippen LogP contribution in [0.1, 0.15) is 123 Å². The van der Waals surface area contributed by atoms with Crippen molar-refractivity contribution in [2.24, 2.45) is 5.92 Å². The van der Waals surface area contributed by atoms with E-state index in [2.05, 4.69) is 10.6 Å². The van der Waals surface area contributed by atoms with E-state index in [9.17, 15) is 14.4 Å². The maximum atomic E-state index is 14.7. The number of hydrogen-bond donors (Lipinski definition) is 2. The van der Waals surface area contributed by atoms with Crippen LogP contribution in [0.2, 0.25) is 0 Å². The van der Waals surface area contributed by atoms with Crippen LogP contribution in [0.4, 0.5) is 4.79 Å². The fourth-order valence-corrected chi connectivity index (χ4v) is 5.38. The molecule has 0 saturated heterocycles. The molecule has 1 aromatic rings. The van der Waals surface area contributed by atoms with Gasteiger partial charge in [-0.1, -0.05) is 64.7 Å². The topological polar surface area (TPSA) is 87.7 Å². The highest BCUT2D eigenvalue weighted by atomic mass is 16.6. The van der Waals surface area contributed by atoms with Crippen molar-refractivity contribution in [2.75, 3.05) is 0 Å². The first-order valence-electron chi connectivity index (χ1n) is 14.8. The predicted octanol–water partition coefficient (Wildman–Crippen LogP) is 6.75. The summed E-state index contributed by atoms with van der Waals surface area (Å²) in [5, 5.41) is 6.19. The lowest BCUT2D eigenvalue weighted by molar-refractivity contribution is -0.150. The number of hydrogen-bond acceptors (Lipinski definition) is 4. The first kappa shape index (κ1) is 32.6.